The molecule has 1 atom stereocenters. The summed E-state index contributed by atoms with van der Waals surface area (Å²) in [5.74, 6) is 1.08. The summed E-state index contributed by atoms with van der Waals surface area (Å²) in [6, 6.07) is 17.4. The van der Waals surface area contributed by atoms with Crippen LogP contribution >= 0.6 is 0 Å². The highest BCUT2D eigenvalue weighted by atomic mass is 16.5. The van der Waals surface area contributed by atoms with Crippen molar-refractivity contribution in [2.45, 2.75) is 59.1 Å². The van der Waals surface area contributed by atoms with E-state index in [4.69, 9.17) is 4.74 Å². The van der Waals surface area contributed by atoms with Gasteiger partial charge >= 0.3 is 0 Å². The molecular weight excluding hydrogens is 318 g/mol. The Morgan fingerprint density at radius 2 is 1.46 bits per heavy atom. The third-order valence-electron chi connectivity index (χ3n) is 5.75. The van der Waals surface area contributed by atoms with Gasteiger partial charge in [-0.2, -0.15) is 0 Å². The minimum Gasteiger partial charge on any atom is -0.484 e. The maximum absolute atomic E-state index is 6.47. The second-order valence-electron chi connectivity index (χ2n) is 8.18. The Morgan fingerprint density at radius 1 is 0.846 bits per heavy atom. The number of aryl methyl sites for hydroxylation is 2. The molecule has 1 heterocycles. The minimum atomic E-state index is 0.219. The minimum absolute atomic E-state index is 0.219. The van der Waals surface area contributed by atoms with E-state index >= 15 is 0 Å². The van der Waals surface area contributed by atoms with E-state index in [0.717, 1.165) is 23.3 Å². The molecule has 2 heteroatoms. The largest absolute Gasteiger partial charge is 0.484 e. The summed E-state index contributed by atoms with van der Waals surface area (Å²) in [5, 5.41) is 0. The van der Waals surface area contributed by atoms with E-state index in [1.165, 1.54) is 55.5 Å². The third kappa shape index (κ3) is 4.88. The molecule has 0 aliphatic carbocycles. The fourth-order valence-electron chi connectivity index (χ4n) is 4.50. The zero-order chi connectivity index (χ0) is 18.4. The second-order valence-corrected chi connectivity index (χ2v) is 8.18. The molecule has 3 rings (SSSR count). The van der Waals surface area contributed by atoms with Gasteiger partial charge in [0.1, 0.15) is 24.9 Å². The molecule has 0 amide bonds. The molecule has 1 aliphatic rings. The lowest BCUT2D eigenvalue weighted by molar-refractivity contribution is -0.942. The first-order chi connectivity index (χ1) is 12.6. The molecule has 2 aromatic rings. The second kappa shape index (κ2) is 8.73. The molecule has 1 saturated heterocycles. The molecule has 1 fully saturated rings. The van der Waals surface area contributed by atoms with Crippen LogP contribution in [0.1, 0.15) is 49.3 Å². The maximum Gasteiger partial charge on any atom is 0.145 e. The topological polar surface area (TPSA) is 9.23 Å². The highest BCUT2D eigenvalue weighted by Gasteiger charge is 2.32. The molecule has 26 heavy (non-hydrogen) atoms. The van der Waals surface area contributed by atoms with Crippen LogP contribution < -0.4 is 4.74 Å². The molecule has 0 bridgehead atoms. The van der Waals surface area contributed by atoms with Crippen molar-refractivity contribution in [2.24, 2.45) is 0 Å². The third-order valence-corrected chi connectivity index (χ3v) is 5.75. The molecular formula is C24H34NO+. The summed E-state index contributed by atoms with van der Waals surface area (Å²) in [6.45, 7) is 11.3. The molecule has 0 N–H and O–H groups in total. The van der Waals surface area contributed by atoms with Crippen LogP contribution in [0.3, 0.4) is 0 Å². The van der Waals surface area contributed by atoms with Gasteiger partial charge in [0.25, 0.3) is 0 Å². The molecule has 0 saturated carbocycles. The van der Waals surface area contributed by atoms with Crippen LogP contribution in [0.25, 0.3) is 0 Å². The number of hydrogen-bond acceptors (Lipinski definition) is 1. The summed E-state index contributed by atoms with van der Waals surface area (Å²) in [4.78, 5) is 0. The van der Waals surface area contributed by atoms with E-state index < -0.39 is 0 Å². The Balaban J connectivity index is 1.76. The first-order valence-electron chi connectivity index (χ1n) is 10.2. The van der Waals surface area contributed by atoms with Crippen LogP contribution in [0.15, 0.2) is 48.5 Å². The van der Waals surface area contributed by atoms with Crippen LogP contribution in [0.4, 0.5) is 0 Å². The molecule has 1 unspecified atom stereocenters. The van der Waals surface area contributed by atoms with Gasteiger partial charge < -0.3 is 9.22 Å². The Morgan fingerprint density at radius 3 is 2.08 bits per heavy atom. The quantitative estimate of drug-likeness (QED) is 0.609. The zero-order valence-corrected chi connectivity index (χ0v) is 16.7. The summed E-state index contributed by atoms with van der Waals surface area (Å²) >= 11 is 0. The van der Waals surface area contributed by atoms with E-state index in [1.807, 2.05) is 0 Å². The van der Waals surface area contributed by atoms with Gasteiger partial charge in [0.05, 0.1) is 13.1 Å². The average Bonchev–Trinajstić information content (AvgIpc) is 2.85. The van der Waals surface area contributed by atoms with Gasteiger partial charge in [0, 0.05) is 5.56 Å². The van der Waals surface area contributed by atoms with Gasteiger partial charge in [-0.05, 0) is 57.6 Å². The average molecular weight is 353 g/mol. The predicted molar refractivity (Wildman–Crippen MR) is 109 cm³/mol. The van der Waals surface area contributed by atoms with Crippen LogP contribution in [-0.4, -0.2) is 30.2 Å². The van der Waals surface area contributed by atoms with Gasteiger partial charge in [0.15, 0.2) is 0 Å². The fraction of sp³-hybridized carbons (Fsp3) is 0.500. The first kappa shape index (κ1) is 19.0. The fourth-order valence-corrected chi connectivity index (χ4v) is 4.50. The summed E-state index contributed by atoms with van der Waals surface area (Å²) in [5.41, 5.74) is 3.93. The number of benzene rings is 2. The first-order valence-corrected chi connectivity index (χ1v) is 10.2. The number of para-hydroxylation sites is 1. The lowest BCUT2D eigenvalue weighted by atomic mass is 10.1. The van der Waals surface area contributed by atoms with Crippen LogP contribution in [0.2, 0.25) is 0 Å². The normalized spacial score (nSPS) is 18.1. The SMILES string of the molecule is Cc1cccc(C)c1OC(C)C[N+]1(Cc2ccccc2)CCCCCC1. The molecule has 2 aromatic carbocycles. The van der Waals surface area contributed by atoms with Gasteiger partial charge in [-0.15, -0.1) is 0 Å². The van der Waals surface area contributed by atoms with Crippen molar-refractivity contribution in [3.05, 3.63) is 65.2 Å². The predicted octanol–water partition coefficient (Wildman–Crippen LogP) is 5.66. The van der Waals surface area contributed by atoms with Gasteiger partial charge in [-0.1, -0.05) is 48.5 Å². The van der Waals surface area contributed by atoms with Gasteiger partial charge in [-0.3, -0.25) is 0 Å². The van der Waals surface area contributed by atoms with Crippen molar-refractivity contribution in [1.82, 2.24) is 0 Å². The zero-order valence-electron chi connectivity index (χ0n) is 16.7. The van der Waals surface area contributed by atoms with Crippen molar-refractivity contribution in [3.8, 4) is 5.75 Å². The summed E-state index contributed by atoms with van der Waals surface area (Å²) in [7, 11) is 0. The Labute approximate surface area is 159 Å². The molecule has 2 nitrogen and oxygen atoms in total. The number of ether oxygens (including phenoxy) is 1. The number of hydrogen-bond donors (Lipinski definition) is 0. The number of likely N-dealkylation sites (tertiary alicyclic amines) is 1. The van der Waals surface area contributed by atoms with Crippen molar-refractivity contribution >= 4 is 0 Å². The lowest BCUT2D eigenvalue weighted by Crippen LogP contribution is -2.52. The highest BCUT2D eigenvalue weighted by Crippen LogP contribution is 2.27. The summed E-state index contributed by atoms with van der Waals surface area (Å²) < 4.78 is 7.63. The van der Waals surface area contributed by atoms with Gasteiger partial charge in [0.2, 0.25) is 0 Å². The standard InChI is InChI=1S/C24H34NO/c1-20-12-11-13-21(2)24(20)26-22(3)18-25(16-9-4-5-10-17-25)19-23-14-7-6-8-15-23/h6-8,11-15,22H,4-5,9-10,16-19H2,1-3H3/q+1. The molecule has 0 spiro atoms. The van der Waals surface area contributed by atoms with E-state index in [-0.39, 0.29) is 6.10 Å². The van der Waals surface area contributed by atoms with Gasteiger partial charge in [-0.25, -0.2) is 0 Å². The van der Waals surface area contributed by atoms with Crippen molar-refractivity contribution in [1.29, 1.82) is 0 Å². The molecule has 140 valence electrons. The number of nitrogens with zero attached hydrogens (tertiary/aromatic N) is 1. The van der Waals surface area contributed by atoms with E-state index in [1.54, 1.807) is 0 Å². The van der Waals surface area contributed by atoms with E-state index in [0.29, 0.717) is 0 Å². The van der Waals surface area contributed by atoms with Crippen LogP contribution in [0, 0.1) is 13.8 Å². The summed E-state index contributed by atoms with van der Waals surface area (Å²) in [6.07, 6.45) is 5.64. The van der Waals surface area contributed by atoms with Crippen molar-refractivity contribution < 1.29 is 9.22 Å². The number of quaternary nitrogens is 1. The Bertz CT molecular complexity index is 666. The van der Waals surface area contributed by atoms with Crippen LogP contribution in [-0.2, 0) is 6.54 Å². The Kier molecular flexibility index (Phi) is 6.37. The molecule has 0 radical (unpaired) electrons. The van der Waals surface area contributed by atoms with Crippen molar-refractivity contribution in [3.63, 3.8) is 0 Å². The van der Waals surface area contributed by atoms with Crippen LogP contribution in [0.5, 0.6) is 5.75 Å². The smallest absolute Gasteiger partial charge is 0.145 e. The molecule has 1 aliphatic heterocycles. The number of rotatable bonds is 6. The Hall–Kier alpha value is -1.80. The highest BCUT2D eigenvalue weighted by molar-refractivity contribution is 5.39. The maximum atomic E-state index is 6.47. The van der Waals surface area contributed by atoms with Crippen molar-refractivity contribution in [2.75, 3.05) is 19.6 Å². The van der Waals surface area contributed by atoms with E-state index in [9.17, 15) is 0 Å². The molecule has 0 aromatic heterocycles. The monoisotopic (exact) mass is 352 g/mol. The van der Waals surface area contributed by atoms with E-state index in [2.05, 4.69) is 69.3 Å². The lowest BCUT2D eigenvalue weighted by Gasteiger charge is -2.40.